The van der Waals surface area contributed by atoms with Crippen LogP contribution in [0.5, 0.6) is 0 Å². The highest BCUT2D eigenvalue weighted by Crippen LogP contribution is 2.15. The second-order valence-corrected chi connectivity index (χ2v) is 6.78. The number of hydrogen-bond acceptors (Lipinski definition) is 3. The van der Waals surface area contributed by atoms with Crippen LogP contribution in [0.1, 0.15) is 18.1 Å². The molecule has 0 aliphatic carbocycles. The van der Waals surface area contributed by atoms with E-state index in [1.54, 1.807) is 0 Å². The van der Waals surface area contributed by atoms with Gasteiger partial charge >= 0.3 is 0 Å². The second kappa shape index (κ2) is 8.28. The molecule has 1 amide bonds. The summed E-state index contributed by atoms with van der Waals surface area (Å²) in [5.74, 6) is 0.0748. The molecule has 1 atom stereocenters. The number of carbonyl (C=O) groups excluding carboxylic acids is 1. The standard InChI is InChI=1S/C21H27N3O/c1-17-8-6-7-11-20(17)22-21(25)18(2)24-14-12-23(13-15-24)16-19-9-4-3-5-10-19/h3-11,18H,12-16H2,1-2H3,(H,22,25). The number of rotatable bonds is 5. The number of piperazine rings is 1. The number of nitrogens with zero attached hydrogens (tertiary/aromatic N) is 2. The first kappa shape index (κ1) is 17.6. The molecule has 1 heterocycles. The van der Waals surface area contributed by atoms with Gasteiger partial charge in [-0.3, -0.25) is 14.6 Å². The van der Waals surface area contributed by atoms with Crippen LogP contribution in [-0.2, 0) is 11.3 Å². The predicted octanol–water partition coefficient (Wildman–Crippen LogP) is 3.14. The lowest BCUT2D eigenvalue weighted by atomic mass is 10.1. The Morgan fingerprint density at radius 1 is 1.00 bits per heavy atom. The maximum atomic E-state index is 12.6. The zero-order valence-corrected chi connectivity index (χ0v) is 15.1. The molecule has 0 saturated carbocycles. The summed E-state index contributed by atoms with van der Waals surface area (Å²) in [5.41, 5.74) is 3.35. The molecule has 1 aliphatic rings. The number of benzene rings is 2. The fraction of sp³-hybridized carbons (Fsp3) is 0.381. The normalized spacial score (nSPS) is 17.2. The smallest absolute Gasteiger partial charge is 0.241 e. The summed E-state index contributed by atoms with van der Waals surface area (Å²) in [7, 11) is 0. The van der Waals surface area contributed by atoms with Crippen LogP contribution in [0, 0.1) is 6.92 Å². The molecular weight excluding hydrogens is 310 g/mol. The van der Waals surface area contributed by atoms with E-state index in [0.29, 0.717) is 0 Å². The van der Waals surface area contributed by atoms with E-state index < -0.39 is 0 Å². The largest absolute Gasteiger partial charge is 0.324 e. The zero-order chi connectivity index (χ0) is 17.6. The minimum absolute atomic E-state index is 0.0748. The minimum Gasteiger partial charge on any atom is -0.324 e. The van der Waals surface area contributed by atoms with Crippen molar-refractivity contribution in [3.63, 3.8) is 0 Å². The lowest BCUT2D eigenvalue weighted by Gasteiger charge is -2.37. The van der Waals surface area contributed by atoms with Crippen LogP contribution in [0.25, 0.3) is 0 Å². The van der Waals surface area contributed by atoms with Crippen LogP contribution < -0.4 is 5.32 Å². The number of amides is 1. The van der Waals surface area contributed by atoms with Gasteiger partial charge in [0, 0.05) is 38.4 Å². The number of hydrogen-bond donors (Lipinski definition) is 1. The summed E-state index contributed by atoms with van der Waals surface area (Å²) < 4.78 is 0. The molecule has 0 bridgehead atoms. The molecule has 3 rings (SSSR count). The van der Waals surface area contributed by atoms with Gasteiger partial charge in [0.1, 0.15) is 0 Å². The first-order valence-corrected chi connectivity index (χ1v) is 9.00. The number of aryl methyl sites for hydroxylation is 1. The van der Waals surface area contributed by atoms with Crippen molar-refractivity contribution in [3.8, 4) is 0 Å². The third-order valence-electron chi connectivity index (χ3n) is 4.99. The van der Waals surface area contributed by atoms with Gasteiger partial charge in [-0.1, -0.05) is 48.5 Å². The molecule has 0 aromatic heterocycles. The Kier molecular flexibility index (Phi) is 5.84. The average Bonchev–Trinajstić information content (AvgIpc) is 2.64. The second-order valence-electron chi connectivity index (χ2n) is 6.78. The van der Waals surface area contributed by atoms with Gasteiger partial charge in [-0.05, 0) is 31.0 Å². The van der Waals surface area contributed by atoms with Gasteiger partial charge in [0.2, 0.25) is 5.91 Å². The summed E-state index contributed by atoms with van der Waals surface area (Å²) in [5, 5.41) is 3.06. The van der Waals surface area contributed by atoms with Crippen molar-refractivity contribution in [1.29, 1.82) is 0 Å². The van der Waals surface area contributed by atoms with Gasteiger partial charge in [-0.2, -0.15) is 0 Å². The fourth-order valence-corrected chi connectivity index (χ4v) is 3.27. The van der Waals surface area contributed by atoms with Gasteiger partial charge in [-0.25, -0.2) is 0 Å². The first-order chi connectivity index (χ1) is 12.1. The SMILES string of the molecule is Cc1ccccc1NC(=O)C(C)N1CCN(Cc2ccccc2)CC1. The molecule has 1 N–H and O–H groups in total. The Morgan fingerprint density at radius 2 is 1.64 bits per heavy atom. The van der Waals surface area contributed by atoms with Crippen LogP contribution in [0.2, 0.25) is 0 Å². The Hall–Kier alpha value is -2.17. The lowest BCUT2D eigenvalue weighted by Crippen LogP contribution is -2.52. The molecule has 4 heteroatoms. The van der Waals surface area contributed by atoms with Gasteiger partial charge in [0.15, 0.2) is 0 Å². The van der Waals surface area contributed by atoms with Crippen molar-refractivity contribution >= 4 is 11.6 Å². The molecule has 1 saturated heterocycles. The molecule has 1 fully saturated rings. The van der Waals surface area contributed by atoms with E-state index in [-0.39, 0.29) is 11.9 Å². The highest BCUT2D eigenvalue weighted by Gasteiger charge is 2.25. The van der Waals surface area contributed by atoms with Crippen molar-refractivity contribution in [2.24, 2.45) is 0 Å². The van der Waals surface area contributed by atoms with Crippen LogP contribution in [0.3, 0.4) is 0 Å². The van der Waals surface area contributed by atoms with Crippen LogP contribution >= 0.6 is 0 Å². The molecule has 132 valence electrons. The van der Waals surface area contributed by atoms with E-state index in [0.717, 1.165) is 44.0 Å². The molecule has 0 spiro atoms. The Labute approximate surface area is 150 Å². The monoisotopic (exact) mass is 337 g/mol. The molecule has 1 aliphatic heterocycles. The van der Waals surface area contributed by atoms with Crippen LogP contribution in [0.4, 0.5) is 5.69 Å². The number of carbonyl (C=O) groups is 1. The zero-order valence-electron chi connectivity index (χ0n) is 15.1. The quantitative estimate of drug-likeness (QED) is 0.910. The fourth-order valence-electron chi connectivity index (χ4n) is 3.27. The van der Waals surface area contributed by atoms with Crippen molar-refractivity contribution in [2.75, 3.05) is 31.5 Å². The van der Waals surface area contributed by atoms with Gasteiger partial charge in [0.05, 0.1) is 6.04 Å². The Bertz CT molecular complexity index is 693. The molecular formula is C21H27N3O. The summed E-state index contributed by atoms with van der Waals surface area (Å²) in [6.07, 6.45) is 0. The molecule has 1 unspecified atom stereocenters. The molecule has 4 nitrogen and oxygen atoms in total. The maximum Gasteiger partial charge on any atom is 0.241 e. The average molecular weight is 337 g/mol. The van der Waals surface area contributed by atoms with E-state index in [1.165, 1.54) is 5.56 Å². The minimum atomic E-state index is -0.113. The summed E-state index contributed by atoms with van der Waals surface area (Å²) in [4.78, 5) is 17.3. The highest BCUT2D eigenvalue weighted by atomic mass is 16.2. The van der Waals surface area contributed by atoms with Crippen molar-refractivity contribution in [1.82, 2.24) is 9.80 Å². The van der Waals surface area contributed by atoms with Crippen LogP contribution in [0.15, 0.2) is 54.6 Å². The number of para-hydroxylation sites is 1. The maximum absolute atomic E-state index is 12.6. The lowest BCUT2D eigenvalue weighted by molar-refractivity contribution is -0.121. The first-order valence-electron chi connectivity index (χ1n) is 9.00. The number of anilines is 1. The van der Waals surface area contributed by atoms with Crippen molar-refractivity contribution in [2.45, 2.75) is 26.4 Å². The van der Waals surface area contributed by atoms with Gasteiger partial charge in [0.25, 0.3) is 0 Å². The van der Waals surface area contributed by atoms with Gasteiger partial charge < -0.3 is 5.32 Å². The third kappa shape index (κ3) is 4.68. The van der Waals surface area contributed by atoms with Crippen molar-refractivity contribution < 1.29 is 4.79 Å². The van der Waals surface area contributed by atoms with Crippen molar-refractivity contribution in [3.05, 3.63) is 65.7 Å². The third-order valence-corrected chi connectivity index (χ3v) is 4.99. The molecule has 2 aromatic carbocycles. The molecule has 2 aromatic rings. The van der Waals surface area contributed by atoms with E-state index >= 15 is 0 Å². The van der Waals surface area contributed by atoms with E-state index in [9.17, 15) is 4.79 Å². The Balaban J connectivity index is 1.50. The molecule has 0 radical (unpaired) electrons. The summed E-state index contributed by atoms with van der Waals surface area (Å²) in [6, 6.07) is 18.4. The van der Waals surface area contributed by atoms with E-state index in [4.69, 9.17) is 0 Å². The summed E-state index contributed by atoms with van der Waals surface area (Å²) >= 11 is 0. The number of nitrogens with one attached hydrogen (secondary N) is 1. The predicted molar refractivity (Wildman–Crippen MR) is 103 cm³/mol. The van der Waals surface area contributed by atoms with Crippen LogP contribution in [-0.4, -0.2) is 47.9 Å². The highest BCUT2D eigenvalue weighted by molar-refractivity contribution is 5.95. The van der Waals surface area contributed by atoms with E-state index in [2.05, 4.69) is 45.4 Å². The molecule has 25 heavy (non-hydrogen) atoms. The topological polar surface area (TPSA) is 35.6 Å². The van der Waals surface area contributed by atoms with Gasteiger partial charge in [-0.15, -0.1) is 0 Å². The summed E-state index contributed by atoms with van der Waals surface area (Å²) in [6.45, 7) is 8.85. The Morgan fingerprint density at radius 3 is 2.32 bits per heavy atom. The van der Waals surface area contributed by atoms with E-state index in [1.807, 2.05) is 38.1 Å².